The van der Waals surface area contributed by atoms with E-state index in [1.165, 1.54) is 0 Å². The molecular formula is C35H35FO6. The molecule has 1 aliphatic heterocycles. The molecule has 0 amide bonds. The number of benzene rings is 4. The molecule has 0 bridgehead atoms. The lowest BCUT2D eigenvalue weighted by molar-refractivity contribution is -0.287. The zero-order valence-electron chi connectivity index (χ0n) is 23.5. The van der Waals surface area contributed by atoms with Crippen LogP contribution in [0.3, 0.4) is 0 Å². The van der Waals surface area contributed by atoms with Crippen molar-refractivity contribution in [2.75, 3.05) is 6.61 Å². The molecule has 1 fully saturated rings. The summed E-state index contributed by atoms with van der Waals surface area (Å²) in [4.78, 5) is 13.1. The summed E-state index contributed by atoms with van der Waals surface area (Å²) < 4.78 is 46.0. The molecular weight excluding hydrogens is 535 g/mol. The van der Waals surface area contributed by atoms with E-state index in [4.69, 9.17) is 23.7 Å². The van der Waals surface area contributed by atoms with Gasteiger partial charge in [0.15, 0.2) is 6.10 Å². The molecule has 0 saturated carbocycles. The van der Waals surface area contributed by atoms with Crippen molar-refractivity contribution in [2.24, 2.45) is 0 Å². The second-order valence-corrected chi connectivity index (χ2v) is 10.3. The molecule has 5 atom stereocenters. The normalized spacial score (nSPS) is 22.0. The highest BCUT2D eigenvalue weighted by Gasteiger charge is 2.50. The van der Waals surface area contributed by atoms with Crippen molar-refractivity contribution in [3.05, 3.63) is 143 Å². The second kappa shape index (κ2) is 14.8. The Hall–Kier alpha value is -3.88. The number of aryl methyl sites for hydroxylation is 1. The van der Waals surface area contributed by atoms with Crippen LogP contribution in [0.25, 0.3) is 0 Å². The monoisotopic (exact) mass is 570 g/mol. The molecule has 0 unspecified atom stereocenters. The maximum absolute atomic E-state index is 15.8. The van der Waals surface area contributed by atoms with Gasteiger partial charge < -0.3 is 23.7 Å². The molecule has 218 valence electrons. The number of esters is 1. The molecule has 1 saturated heterocycles. The van der Waals surface area contributed by atoms with Crippen molar-refractivity contribution in [2.45, 2.75) is 57.5 Å². The minimum atomic E-state index is -1.96. The third-order valence-electron chi connectivity index (χ3n) is 7.07. The second-order valence-electron chi connectivity index (χ2n) is 10.3. The predicted octanol–water partition coefficient (Wildman–Crippen LogP) is 6.60. The van der Waals surface area contributed by atoms with Crippen molar-refractivity contribution in [1.82, 2.24) is 0 Å². The van der Waals surface area contributed by atoms with Crippen LogP contribution in [0.15, 0.2) is 115 Å². The van der Waals surface area contributed by atoms with Crippen LogP contribution < -0.4 is 0 Å². The lowest BCUT2D eigenvalue weighted by Crippen LogP contribution is -2.60. The van der Waals surface area contributed by atoms with Gasteiger partial charge in [-0.05, 0) is 35.7 Å². The first-order chi connectivity index (χ1) is 20.6. The van der Waals surface area contributed by atoms with E-state index in [2.05, 4.69) is 0 Å². The molecule has 1 aliphatic rings. The van der Waals surface area contributed by atoms with Crippen LogP contribution in [0.2, 0.25) is 0 Å². The Kier molecular flexibility index (Phi) is 10.5. The van der Waals surface area contributed by atoms with Crippen LogP contribution in [0.4, 0.5) is 4.39 Å². The Morgan fingerprint density at radius 2 is 1.17 bits per heavy atom. The van der Waals surface area contributed by atoms with Gasteiger partial charge in [-0.15, -0.1) is 0 Å². The van der Waals surface area contributed by atoms with Gasteiger partial charge in [0, 0.05) is 0 Å². The summed E-state index contributed by atoms with van der Waals surface area (Å²) in [5.41, 5.74) is 4.10. The van der Waals surface area contributed by atoms with Crippen LogP contribution in [0.1, 0.15) is 32.6 Å². The Bertz CT molecular complexity index is 1370. The quantitative estimate of drug-likeness (QED) is 0.179. The molecule has 7 heteroatoms. The standard InChI is InChI=1S/C35H35FO6/c1-25-17-19-29(20-18-25)35(37)42-33-32(40-23-28-15-9-4-10-16-28)31(39-22-27-13-7-3-8-14-27)30(41-34(33)36)24-38-21-26-11-5-2-6-12-26/h2-20,30-34H,21-24H2,1H3/t30-,31+,32+,33-,34-/m1/s1. The number of carbonyl (C=O) groups excluding carboxylic acids is 1. The highest BCUT2D eigenvalue weighted by Crippen LogP contribution is 2.31. The Morgan fingerprint density at radius 3 is 1.71 bits per heavy atom. The maximum Gasteiger partial charge on any atom is 0.338 e. The highest BCUT2D eigenvalue weighted by molar-refractivity contribution is 5.89. The van der Waals surface area contributed by atoms with Gasteiger partial charge >= 0.3 is 5.97 Å². The summed E-state index contributed by atoms with van der Waals surface area (Å²) in [6.07, 6.45) is -5.91. The minimum Gasteiger partial charge on any atom is -0.450 e. The Morgan fingerprint density at radius 1 is 0.667 bits per heavy atom. The first-order valence-corrected chi connectivity index (χ1v) is 14.1. The van der Waals surface area contributed by atoms with E-state index >= 15 is 4.39 Å². The molecule has 5 rings (SSSR count). The zero-order valence-corrected chi connectivity index (χ0v) is 23.5. The third kappa shape index (κ3) is 8.11. The summed E-state index contributed by atoms with van der Waals surface area (Å²) in [7, 11) is 0. The van der Waals surface area contributed by atoms with Gasteiger partial charge in [-0.3, -0.25) is 0 Å². The summed E-state index contributed by atoms with van der Waals surface area (Å²) in [5, 5.41) is 0. The number of hydrogen-bond acceptors (Lipinski definition) is 6. The van der Waals surface area contributed by atoms with Crippen molar-refractivity contribution in [3.63, 3.8) is 0 Å². The van der Waals surface area contributed by atoms with Gasteiger partial charge in [0.2, 0.25) is 6.36 Å². The first-order valence-electron chi connectivity index (χ1n) is 14.1. The van der Waals surface area contributed by atoms with Crippen molar-refractivity contribution in [1.29, 1.82) is 0 Å². The van der Waals surface area contributed by atoms with Crippen LogP contribution in [-0.2, 0) is 43.5 Å². The van der Waals surface area contributed by atoms with Crippen LogP contribution >= 0.6 is 0 Å². The first kappa shape index (κ1) is 29.6. The number of carbonyl (C=O) groups is 1. The van der Waals surface area contributed by atoms with E-state index in [9.17, 15) is 4.79 Å². The van der Waals surface area contributed by atoms with E-state index < -0.39 is 36.7 Å². The van der Waals surface area contributed by atoms with Crippen LogP contribution in [0.5, 0.6) is 0 Å². The average molecular weight is 571 g/mol. The molecule has 4 aromatic rings. The highest BCUT2D eigenvalue weighted by atomic mass is 19.1. The predicted molar refractivity (Wildman–Crippen MR) is 156 cm³/mol. The van der Waals surface area contributed by atoms with E-state index in [0.717, 1.165) is 22.3 Å². The largest absolute Gasteiger partial charge is 0.450 e. The lowest BCUT2D eigenvalue weighted by Gasteiger charge is -2.43. The van der Waals surface area contributed by atoms with Crippen LogP contribution in [-0.4, -0.2) is 43.3 Å². The summed E-state index contributed by atoms with van der Waals surface area (Å²) in [6.45, 7) is 2.69. The fourth-order valence-electron chi connectivity index (χ4n) is 4.80. The van der Waals surface area contributed by atoms with Gasteiger partial charge in [0.05, 0.1) is 32.0 Å². The lowest BCUT2D eigenvalue weighted by atomic mass is 9.98. The van der Waals surface area contributed by atoms with Gasteiger partial charge in [-0.1, -0.05) is 109 Å². The fourth-order valence-corrected chi connectivity index (χ4v) is 4.80. The van der Waals surface area contributed by atoms with E-state index in [1.54, 1.807) is 24.3 Å². The molecule has 4 aromatic carbocycles. The van der Waals surface area contributed by atoms with Crippen molar-refractivity contribution in [3.8, 4) is 0 Å². The summed E-state index contributed by atoms with van der Waals surface area (Å²) >= 11 is 0. The molecule has 0 N–H and O–H groups in total. The SMILES string of the molecule is Cc1ccc(C(=O)O[C@@H]2[C@@H](OCc3ccccc3)[C@@H](OCc3ccccc3)[C@@H](COCc3ccccc3)O[C@H]2F)cc1. The molecule has 0 aliphatic carbocycles. The molecule has 0 spiro atoms. The van der Waals surface area contributed by atoms with Crippen LogP contribution in [0, 0.1) is 6.92 Å². The molecule has 1 heterocycles. The number of hydrogen-bond donors (Lipinski definition) is 0. The van der Waals surface area contributed by atoms with Gasteiger partial charge in [-0.25, -0.2) is 9.18 Å². The topological polar surface area (TPSA) is 63.2 Å². The maximum atomic E-state index is 15.8. The molecule has 42 heavy (non-hydrogen) atoms. The van der Waals surface area contributed by atoms with Crippen molar-refractivity contribution < 1.29 is 32.9 Å². The fraction of sp³-hybridized carbons (Fsp3) is 0.286. The Balaban J connectivity index is 1.39. The minimum absolute atomic E-state index is 0.0542. The van der Waals surface area contributed by atoms with Gasteiger partial charge in [0.25, 0.3) is 0 Å². The third-order valence-corrected chi connectivity index (χ3v) is 7.07. The van der Waals surface area contributed by atoms with E-state index in [0.29, 0.717) is 12.2 Å². The summed E-state index contributed by atoms with van der Waals surface area (Å²) in [6, 6.07) is 35.8. The van der Waals surface area contributed by atoms with Gasteiger partial charge in [-0.2, -0.15) is 0 Å². The van der Waals surface area contributed by atoms with Gasteiger partial charge in [0.1, 0.15) is 18.3 Å². The molecule has 0 aromatic heterocycles. The summed E-state index contributed by atoms with van der Waals surface area (Å²) in [5.74, 6) is -0.667. The smallest absolute Gasteiger partial charge is 0.338 e. The number of halogens is 1. The Labute approximate surface area is 246 Å². The zero-order chi connectivity index (χ0) is 29.1. The van der Waals surface area contributed by atoms with E-state index in [1.807, 2.05) is 97.9 Å². The average Bonchev–Trinajstić information content (AvgIpc) is 3.02. The molecule has 6 nitrogen and oxygen atoms in total. The molecule has 0 radical (unpaired) electrons. The van der Waals surface area contributed by atoms with E-state index in [-0.39, 0.29) is 19.8 Å². The van der Waals surface area contributed by atoms with Crippen molar-refractivity contribution >= 4 is 5.97 Å². The number of ether oxygens (including phenoxy) is 5. The number of alkyl halides is 1. The number of rotatable bonds is 12.